The van der Waals surface area contributed by atoms with E-state index in [1.54, 1.807) is 0 Å². The Morgan fingerprint density at radius 3 is 2.79 bits per heavy atom. The van der Waals surface area contributed by atoms with Gasteiger partial charge in [-0.15, -0.1) is 0 Å². The van der Waals surface area contributed by atoms with Crippen LogP contribution in [-0.4, -0.2) is 56.6 Å². The van der Waals surface area contributed by atoms with E-state index < -0.39 is 14.9 Å². The molecule has 2 aliphatic rings. The molecule has 1 saturated heterocycles. The predicted molar refractivity (Wildman–Crippen MR) is 87.3 cm³/mol. The summed E-state index contributed by atoms with van der Waals surface area (Å²) in [5.41, 5.74) is -0.409. The van der Waals surface area contributed by atoms with Crippen molar-refractivity contribution < 1.29 is 18.1 Å². The number of primary sulfonamides is 1. The van der Waals surface area contributed by atoms with Gasteiger partial charge < -0.3 is 10.1 Å². The number of anilines is 1. The van der Waals surface area contributed by atoms with Crippen LogP contribution in [0.25, 0.3) is 0 Å². The van der Waals surface area contributed by atoms with E-state index in [2.05, 4.69) is 10.2 Å². The highest BCUT2D eigenvalue weighted by atomic mass is 32.2. The summed E-state index contributed by atoms with van der Waals surface area (Å²) in [5, 5.41) is 19.2. The summed E-state index contributed by atoms with van der Waals surface area (Å²) >= 11 is 0. The molecule has 1 heterocycles. The highest BCUT2D eigenvalue weighted by Crippen LogP contribution is 2.32. The molecule has 0 amide bonds. The fourth-order valence-electron chi connectivity index (χ4n) is 2.94. The monoisotopic (exact) mass is 356 g/mol. The van der Waals surface area contributed by atoms with Gasteiger partial charge in [-0.05, 0) is 18.9 Å². The number of nitrogens with zero attached hydrogens (tertiary/aromatic N) is 2. The number of hydrogen-bond donors (Lipinski definition) is 2. The molecule has 0 unspecified atom stereocenters. The normalized spacial score (nSPS) is 22.3. The molecule has 9 nitrogen and oxygen atoms in total. The first-order chi connectivity index (χ1) is 11.4. The van der Waals surface area contributed by atoms with Crippen LogP contribution in [-0.2, 0) is 14.8 Å². The largest absolute Gasteiger partial charge is 0.376 e. The maximum absolute atomic E-state index is 11.7. The second-order valence-electron chi connectivity index (χ2n) is 6.05. The minimum absolute atomic E-state index is 0.0860. The van der Waals surface area contributed by atoms with E-state index in [0.717, 1.165) is 13.1 Å². The van der Waals surface area contributed by atoms with Gasteiger partial charge in [0.1, 0.15) is 10.6 Å². The van der Waals surface area contributed by atoms with E-state index >= 15 is 0 Å². The average Bonchev–Trinajstić information content (AvgIpc) is 3.36. The van der Waals surface area contributed by atoms with E-state index in [-0.39, 0.29) is 28.9 Å². The highest BCUT2D eigenvalue weighted by molar-refractivity contribution is 7.89. The summed E-state index contributed by atoms with van der Waals surface area (Å²) in [6.45, 7) is 2.48. The van der Waals surface area contributed by atoms with Gasteiger partial charge >= 0.3 is 0 Å². The lowest BCUT2D eigenvalue weighted by Crippen LogP contribution is -2.46. The fraction of sp³-hybridized carbons (Fsp3) is 0.571. The number of nitrogens with two attached hydrogens (primary N) is 1. The van der Waals surface area contributed by atoms with Gasteiger partial charge in [0, 0.05) is 31.7 Å². The second-order valence-corrected chi connectivity index (χ2v) is 7.58. The molecule has 24 heavy (non-hydrogen) atoms. The molecule has 1 atom stereocenters. The number of hydrogen-bond acceptors (Lipinski definition) is 7. The van der Waals surface area contributed by atoms with Gasteiger partial charge in [0.2, 0.25) is 10.0 Å². The predicted octanol–water partition coefficient (Wildman–Crippen LogP) is 0.517. The molecule has 2 fully saturated rings. The van der Waals surface area contributed by atoms with Gasteiger partial charge in [0.15, 0.2) is 0 Å². The van der Waals surface area contributed by atoms with Crippen LogP contribution in [0.3, 0.4) is 0 Å². The van der Waals surface area contributed by atoms with Crippen molar-refractivity contribution in [1.82, 2.24) is 4.90 Å². The molecule has 1 aliphatic carbocycles. The summed E-state index contributed by atoms with van der Waals surface area (Å²) in [6.07, 6.45) is 2.23. The van der Waals surface area contributed by atoms with Crippen LogP contribution in [0, 0.1) is 10.1 Å². The van der Waals surface area contributed by atoms with E-state index in [0.29, 0.717) is 12.6 Å². The smallest absolute Gasteiger partial charge is 0.293 e. The summed E-state index contributed by atoms with van der Waals surface area (Å²) in [6, 6.07) is 4.41. The van der Waals surface area contributed by atoms with Crippen molar-refractivity contribution in [2.24, 2.45) is 5.14 Å². The third-order valence-electron chi connectivity index (χ3n) is 4.25. The Labute approximate surface area is 140 Å². The first-order valence-corrected chi connectivity index (χ1v) is 9.30. The Bertz CT molecular complexity index is 735. The number of nitro benzene ring substituents is 1. The summed E-state index contributed by atoms with van der Waals surface area (Å²) in [5.74, 6) is 0. The number of sulfonamides is 1. The first-order valence-electron chi connectivity index (χ1n) is 7.76. The number of nitrogens with one attached hydrogen (secondary N) is 1. The summed E-state index contributed by atoms with van der Waals surface area (Å²) in [4.78, 5) is 12.6. The number of benzene rings is 1. The molecule has 3 rings (SSSR count). The summed E-state index contributed by atoms with van der Waals surface area (Å²) in [7, 11) is -4.07. The molecule has 0 aromatic heterocycles. The minimum atomic E-state index is -4.07. The lowest BCUT2D eigenvalue weighted by Gasteiger charge is -2.33. The molecule has 1 saturated carbocycles. The maximum atomic E-state index is 11.7. The van der Waals surface area contributed by atoms with Crippen molar-refractivity contribution in [3.63, 3.8) is 0 Å². The Balaban J connectivity index is 1.77. The van der Waals surface area contributed by atoms with Crippen molar-refractivity contribution in [3.8, 4) is 0 Å². The molecular formula is C14H20N4O5S. The molecule has 10 heteroatoms. The number of morpholine rings is 1. The summed E-state index contributed by atoms with van der Waals surface area (Å²) < 4.78 is 29.1. The Kier molecular flexibility index (Phi) is 4.72. The molecule has 1 aromatic rings. The van der Waals surface area contributed by atoms with E-state index in [1.807, 2.05) is 0 Å². The third-order valence-corrected chi connectivity index (χ3v) is 5.20. The maximum Gasteiger partial charge on any atom is 0.293 e. The molecule has 1 aliphatic heterocycles. The molecule has 1 aromatic carbocycles. The standard InChI is InChI=1S/C14H20N4O5S/c15-24(21,22)13-3-1-2-12(18(19)20)14(13)16-8-11-9-17(6-7-23-11)10-4-5-10/h1-3,10-11,16H,4-9H2,(H2,15,21,22)/t11-/m1/s1. The quantitative estimate of drug-likeness (QED) is 0.561. The molecule has 0 spiro atoms. The number of para-hydroxylation sites is 1. The van der Waals surface area contributed by atoms with Crippen LogP contribution in [0.15, 0.2) is 23.1 Å². The molecule has 0 bridgehead atoms. The Morgan fingerprint density at radius 1 is 1.42 bits per heavy atom. The number of ether oxygens (including phenoxy) is 1. The van der Waals surface area contributed by atoms with Gasteiger partial charge in [-0.3, -0.25) is 15.0 Å². The zero-order valence-corrected chi connectivity index (χ0v) is 13.9. The first kappa shape index (κ1) is 17.1. The molecular weight excluding hydrogens is 336 g/mol. The second kappa shape index (κ2) is 6.63. The Morgan fingerprint density at radius 2 is 2.17 bits per heavy atom. The van der Waals surface area contributed by atoms with Crippen LogP contribution >= 0.6 is 0 Å². The van der Waals surface area contributed by atoms with E-state index in [4.69, 9.17) is 9.88 Å². The lowest BCUT2D eigenvalue weighted by molar-refractivity contribution is -0.384. The van der Waals surface area contributed by atoms with Crippen LogP contribution in [0.5, 0.6) is 0 Å². The zero-order valence-electron chi connectivity index (χ0n) is 13.1. The number of rotatable bonds is 6. The van der Waals surface area contributed by atoms with Crippen molar-refractivity contribution in [2.75, 3.05) is 31.6 Å². The third kappa shape index (κ3) is 3.83. The highest BCUT2D eigenvalue weighted by Gasteiger charge is 2.33. The van der Waals surface area contributed by atoms with Crippen LogP contribution < -0.4 is 10.5 Å². The van der Waals surface area contributed by atoms with Gasteiger partial charge in [0.05, 0.1) is 17.6 Å². The van der Waals surface area contributed by atoms with Crippen LogP contribution in [0.4, 0.5) is 11.4 Å². The number of nitro groups is 1. The van der Waals surface area contributed by atoms with Crippen LogP contribution in [0.1, 0.15) is 12.8 Å². The van der Waals surface area contributed by atoms with Crippen LogP contribution in [0.2, 0.25) is 0 Å². The minimum Gasteiger partial charge on any atom is -0.376 e. The van der Waals surface area contributed by atoms with Crippen molar-refractivity contribution >= 4 is 21.4 Å². The topological polar surface area (TPSA) is 128 Å². The molecule has 3 N–H and O–H groups in total. The van der Waals surface area contributed by atoms with Gasteiger partial charge in [-0.1, -0.05) is 6.07 Å². The van der Waals surface area contributed by atoms with Gasteiger partial charge in [0.25, 0.3) is 5.69 Å². The van der Waals surface area contributed by atoms with E-state index in [1.165, 1.54) is 31.0 Å². The lowest BCUT2D eigenvalue weighted by atomic mass is 10.2. The molecule has 132 valence electrons. The van der Waals surface area contributed by atoms with Crippen molar-refractivity contribution in [2.45, 2.75) is 29.9 Å². The zero-order chi connectivity index (χ0) is 17.3. The fourth-order valence-corrected chi connectivity index (χ4v) is 3.67. The Hall–Kier alpha value is -1.75. The SMILES string of the molecule is NS(=O)(=O)c1cccc([N+](=O)[O-])c1NC[C@@H]1CN(C2CC2)CCO1. The van der Waals surface area contributed by atoms with Gasteiger partial charge in [-0.2, -0.15) is 0 Å². The average molecular weight is 356 g/mol. The van der Waals surface area contributed by atoms with Crippen molar-refractivity contribution in [1.29, 1.82) is 0 Å². The van der Waals surface area contributed by atoms with Gasteiger partial charge in [-0.25, -0.2) is 13.6 Å². The van der Waals surface area contributed by atoms with E-state index in [9.17, 15) is 18.5 Å². The van der Waals surface area contributed by atoms with Crippen molar-refractivity contribution in [3.05, 3.63) is 28.3 Å². The molecule has 0 radical (unpaired) electrons.